The van der Waals surface area contributed by atoms with E-state index in [1.54, 1.807) is 10.7 Å². The van der Waals surface area contributed by atoms with Gasteiger partial charge in [-0.3, -0.25) is 9.36 Å². The van der Waals surface area contributed by atoms with Crippen LogP contribution in [-0.4, -0.2) is 65.5 Å². The van der Waals surface area contributed by atoms with E-state index in [4.69, 9.17) is 16.3 Å². The van der Waals surface area contributed by atoms with E-state index < -0.39 is 17.3 Å². The number of amides is 1. The van der Waals surface area contributed by atoms with Gasteiger partial charge in [0.05, 0.1) is 43.1 Å². The minimum Gasteiger partial charge on any atom is -0.465 e. The number of fused-ring (bicyclic) bond motifs is 1. The Morgan fingerprint density at radius 1 is 1.27 bits per heavy atom. The molecule has 1 unspecified atom stereocenters. The maximum absolute atomic E-state index is 12.2. The van der Waals surface area contributed by atoms with Crippen LogP contribution in [0, 0.1) is 6.92 Å². The molecule has 0 spiro atoms. The number of hydrogen-bond donors (Lipinski definition) is 2. The maximum Gasteiger partial charge on any atom is 0.407 e. The largest absolute Gasteiger partial charge is 0.465 e. The fourth-order valence-electron chi connectivity index (χ4n) is 4.86. The number of morpholine rings is 1. The first-order valence-corrected chi connectivity index (χ1v) is 12.1. The lowest BCUT2D eigenvalue weighted by Crippen LogP contribution is -2.49. The number of carboxylic acid groups (broad SMARTS) is 1. The van der Waals surface area contributed by atoms with Gasteiger partial charge >= 0.3 is 11.8 Å². The summed E-state index contributed by atoms with van der Waals surface area (Å²) in [6.45, 7) is 4.46. The van der Waals surface area contributed by atoms with Crippen LogP contribution in [0.3, 0.4) is 0 Å². The highest BCUT2D eigenvalue weighted by Gasteiger charge is 2.29. The van der Waals surface area contributed by atoms with Gasteiger partial charge in [-0.25, -0.2) is 19.1 Å². The molecule has 37 heavy (non-hydrogen) atoms. The number of hydrogen-bond acceptors (Lipinski definition) is 6. The average molecular weight is 525 g/mol. The van der Waals surface area contributed by atoms with Crippen molar-refractivity contribution in [3.8, 4) is 11.3 Å². The number of H-pyrrole nitrogens is 1. The van der Waals surface area contributed by atoms with Gasteiger partial charge in [-0.1, -0.05) is 11.6 Å². The normalized spacial score (nSPS) is 17.9. The first kappa shape index (κ1) is 24.7. The quantitative estimate of drug-likeness (QED) is 0.409. The Labute approximate surface area is 215 Å². The Bertz CT molecular complexity index is 1580. The second-order valence-corrected chi connectivity index (χ2v) is 9.64. The van der Waals surface area contributed by atoms with Gasteiger partial charge in [0.15, 0.2) is 0 Å². The fraction of sp³-hybridized carbons (Fsp3) is 0.320. The molecule has 4 heterocycles. The lowest BCUT2D eigenvalue weighted by Gasteiger charge is -2.35. The third-order valence-corrected chi connectivity index (χ3v) is 6.69. The number of aromatic nitrogens is 5. The van der Waals surface area contributed by atoms with Crippen molar-refractivity contribution >= 4 is 23.2 Å². The molecule has 2 N–H and O–H groups in total. The number of halogens is 1. The summed E-state index contributed by atoms with van der Waals surface area (Å²) in [4.78, 5) is 44.4. The Kier molecular flexibility index (Phi) is 6.57. The maximum atomic E-state index is 12.2. The van der Waals surface area contributed by atoms with Crippen LogP contribution >= 0.6 is 11.6 Å². The summed E-state index contributed by atoms with van der Waals surface area (Å²) < 4.78 is 8.83. The first-order valence-electron chi connectivity index (χ1n) is 11.7. The number of nitrogens with one attached hydrogen (secondary N) is 1. The Morgan fingerprint density at radius 2 is 2.08 bits per heavy atom. The number of nitrogens with zero attached hydrogens (tertiary/aromatic N) is 5. The molecule has 1 aliphatic rings. The van der Waals surface area contributed by atoms with Crippen molar-refractivity contribution in [2.75, 3.05) is 13.1 Å². The van der Waals surface area contributed by atoms with Crippen LogP contribution in [-0.2, 0) is 17.7 Å². The Morgan fingerprint density at radius 3 is 2.84 bits per heavy atom. The lowest BCUT2D eigenvalue weighted by molar-refractivity contribution is -0.0682. The van der Waals surface area contributed by atoms with Crippen molar-refractivity contribution in [2.24, 2.45) is 0 Å². The molecule has 12 heteroatoms. The zero-order chi connectivity index (χ0) is 26.3. The van der Waals surface area contributed by atoms with E-state index in [2.05, 4.69) is 15.1 Å². The van der Waals surface area contributed by atoms with Crippen molar-refractivity contribution in [1.82, 2.24) is 29.0 Å². The first-order chi connectivity index (χ1) is 17.7. The SMILES string of the molecule is Cc1cc(Cl)cc(-c2ncnn3cc(Cn4c(=O)cc[nH]c4=O)cc23)c1CC1CN(C(=O)O)C[C@H](C)O1. The number of aromatic amines is 1. The van der Waals surface area contributed by atoms with E-state index in [1.807, 2.05) is 32.0 Å². The molecule has 192 valence electrons. The average Bonchev–Trinajstić information content (AvgIpc) is 3.25. The summed E-state index contributed by atoms with van der Waals surface area (Å²) in [7, 11) is 0. The molecule has 1 fully saturated rings. The van der Waals surface area contributed by atoms with Crippen LogP contribution in [0.15, 0.2) is 52.6 Å². The molecular formula is C25H25ClN6O5. The highest BCUT2D eigenvalue weighted by molar-refractivity contribution is 6.31. The van der Waals surface area contributed by atoms with E-state index in [0.29, 0.717) is 34.8 Å². The Hall–Kier alpha value is -3.96. The number of benzene rings is 1. The van der Waals surface area contributed by atoms with E-state index in [-0.39, 0.29) is 25.3 Å². The van der Waals surface area contributed by atoms with Crippen LogP contribution in [0.2, 0.25) is 5.02 Å². The molecule has 4 aromatic rings. The summed E-state index contributed by atoms with van der Waals surface area (Å²) in [6.07, 6.45) is 3.42. The Balaban J connectivity index is 1.56. The molecule has 3 aromatic heterocycles. The number of carbonyl (C=O) groups is 1. The molecular weight excluding hydrogens is 500 g/mol. The molecule has 2 atom stereocenters. The van der Waals surface area contributed by atoms with Gasteiger partial charge in [0.1, 0.15) is 6.33 Å². The molecule has 0 radical (unpaired) electrons. The van der Waals surface area contributed by atoms with E-state index in [9.17, 15) is 19.5 Å². The predicted molar refractivity (Wildman–Crippen MR) is 136 cm³/mol. The molecule has 5 rings (SSSR count). The fourth-order valence-corrected chi connectivity index (χ4v) is 5.13. The van der Waals surface area contributed by atoms with E-state index in [0.717, 1.165) is 21.3 Å². The summed E-state index contributed by atoms with van der Waals surface area (Å²) in [5.74, 6) is 0. The second-order valence-electron chi connectivity index (χ2n) is 9.20. The summed E-state index contributed by atoms with van der Waals surface area (Å²) in [6, 6.07) is 6.81. The van der Waals surface area contributed by atoms with E-state index in [1.165, 1.54) is 23.5 Å². The van der Waals surface area contributed by atoms with Crippen molar-refractivity contribution in [1.29, 1.82) is 0 Å². The number of rotatable bonds is 5. The molecule has 11 nitrogen and oxygen atoms in total. The van der Waals surface area contributed by atoms with Crippen molar-refractivity contribution in [3.63, 3.8) is 0 Å². The molecule has 1 aromatic carbocycles. The molecule has 1 amide bonds. The molecule has 1 aliphatic heterocycles. The topological polar surface area (TPSA) is 135 Å². The molecule has 0 aliphatic carbocycles. The van der Waals surface area contributed by atoms with Gasteiger partial charge in [-0.2, -0.15) is 5.10 Å². The monoisotopic (exact) mass is 524 g/mol. The number of ether oxygens (including phenoxy) is 1. The zero-order valence-electron chi connectivity index (χ0n) is 20.2. The van der Waals surface area contributed by atoms with Gasteiger partial charge in [0.2, 0.25) is 0 Å². The minimum absolute atomic E-state index is 0.0675. The summed E-state index contributed by atoms with van der Waals surface area (Å²) in [5, 5.41) is 14.4. The highest BCUT2D eigenvalue weighted by atomic mass is 35.5. The molecule has 1 saturated heterocycles. The molecule has 0 bridgehead atoms. The third-order valence-electron chi connectivity index (χ3n) is 6.47. The van der Waals surface area contributed by atoms with Gasteiger partial charge < -0.3 is 19.7 Å². The van der Waals surface area contributed by atoms with Gasteiger partial charge in [-0.15, -0.1) is 0 Å². The second kappa shape index (κ2) is 9.83. The minimum atomic E-state index is -0.970. The standard InChI is InChI=1S/C25H25ClN6O5/c1-14-5-17(26)7-20(19(14)8-18-12-30(25(35)36)9-15(2)37-18)23-21-6-16(11-32(21)29-13-28-23)10-31-22(33)3-4-27-24(31)34/h3-7,11,13,15,18H,8-10,12H2,1-2H3,(H,27,34)(H,35,36)/t15-,18?/m0/s1. The number of aryl methyl sites for hydroxylation is 1. The highest BCUT2D eigenvalue weighted by Crippen LogP contribution is 2.33. The van der Waals surface area contributed by atoms with Crippen LogP contribution in [0.1, 0.15) is 23.6 Å². The zero-order valence-corrected chi connectivity index (χ0v) is 21.0. The van der Waals surface area contributed by atoms with Crippen LogP contribution in [0.25, 0.3) is 16.8 Å². The van der Waals surface area contributed by atoms with Crippen LogP contribution in [0.5, 0.6) is 0 Å². The third kappa shape index (κ3) is 5.00. The van der Waals surface area contributed by atoms with Crippen LogP contribution in [0.4, 0.5) is 4.79 Å². The lowest BCUT2D eigenvalue weighted by atomic mass is 9.93. The molecule has 0 saturated carbocycles. The van der Waals surface area contributed by atoms with Crippen molar-refractivity contribution in [2.45, 2.75) is 39.0 Å². The van der Waals surface area contributed by atoms with Crippen molar-refractivity contribution < 1.29 is 14.6 Å². The van der Waals surface area contributed by atoms with Crippen LogP contribution < -0.4 is 11.2 Å². The van der Waals surface area contributed by atoms with Gasteiger partial charge in [-0.05, 0) is 48.7 Å². The van der Waals surface area contributed by atoms with Gasteiger partial charge in [0.25, 0.3) is 5.56 Å². The van der Waals surface area contributed by atoms with Gasteiger partial charge in [0, 0.05) is 35.5 Å². The predicted octanol–water partition coefficient (Wildman–Crippen LogP) is 2.57. The summed E-state index contributed by atoms with van der Waals surface area (Å²) in [5.41, 5.74) is 3.73. The van der Waals surface area contributed by atoms with E-state index >= 15 is 0 Å². The summed E-state index contributed by atoms with van der Waals surface area (Å²) >= 11 is 6.46. The smallest absolute Gasteiger partial charge is 0.407 e. The van der Waals surface area contributed by atoms with Crippen molar-refractivity contribution in [3.05, 3.63) is 85.5 Å².